The van der Waals surface area contributed by atoms with Gasteiger partial charge in [0, 0.05) is 23.7 Å². The number of aromatic amines is 2. The van der Waals surface area contributed by atoms with Crippen molar-refractivity contribution < 1.29 is 33.8 Å². The highest BCUT2D eigenvalue weighted by Crippen LogP contribution is 2.41. The Labute approximate surface area is 350 Å². The Balaban J connectivity index is 1.13. The molecule has 16 heteroatoms. The summed E-state index contributed by atoms with van der Waals surface area (Å²) < 4.78 is 10.8. The van der Waals surface area contributed by atoms with Gasteiger partial charge in [0.05, 0.1) is 57.3 Å². The minimum absolute atomic E-state index is 0.133. The molecule has 4 heterocycles. The number of alkyl carbamates (subject to hydrolysis) is 1. The fourth-order valence-corrected chi connectivity index (χ4v) is 11.6. The number of carbonyl (C=O) groups excluding carboxylic acids is 4. The topological polar surface area (TPSA) is 195 Å². The largest absolute Gasteiger partial charge is 0.496 e. The molecule has 4 atom stereocenters. The summed E-state index contributed by atoms with van der Waals surface area (Å²) in [6.07, 6.45) is 3.37. The Bertz CT molecular complexity index is 2430. The summed E-state index contributed by atoms with van der Waals surface area (Å²) in [4.78, 5) is 72.3. The molecule has 2 aromatic heterocycles. The number of aliphatic hydroxyl groups is 1. The molecule has 7 rings (SSSR count). The first-order valence-corrected chi connectivity index (χ1v) is 24.1. The van der Waals surface area contributed by atoms with Crippen LogP contribution in [0.15, 0.2) is 54.7 Å². The number of methoxy groups -OCH3 is 2. The molecule has 2 saturated heterocycles. The normalized spacial score (nSPS) is 18.6. The molecular weight excluding hydrogens is 781 g/mol. The molecular formula is C44H56N8O7Si. The highest BCUT2D eigenvalue weighted by molar-refractivity contribution is 6.78. The molecule has 0 radical (unpaired) electrons. The van der Waals surface area contributed by atoms with Gasteiger partial charge in [-0.3, -0.25) is 14.4 Å². The molecule has 0 spiro atoms. The van der Waals surface area contributed by atoms with E-state index in [1.807, 2.05) is 50.8 Å². The number of imidazole rings is 2. The van der Waals surface area contributed by atoms with E-state index >= 15 is 0 Å². The second kappa shape index (κ2) is 17.1. The quantitative estimate of drug-likeness (QED) is 0.0925. The summed E-state index contributed by atoms with van der Waals surface area (Å²) in [5, 5.41) is 16.7. The van der Waals surface area contributed by atoms with Crippen LogP contribution in [0.5, 0.6) is 5.75 Å². The predicted molar refractivity (Wildman–Crippen MR) is 232 cm³/mol. The molecule has 60 heavy (non-hydrogen) atoms. The zero-order valence-corrected chi connectivity index (χ0v) is 36.6. The molecule has 0 aliphatic carbocycles. The van der Waals surface area contributed by atoms with Crippen molar-refractivity contribution in [1.82, 2.24) is 40.4 Å². The van der Waals surface area contributed by atoms with Crippen LogP contribution >= 0.6 is 0 Å². The average molecular weight is 837 g/mol. The van der Waals surface area contributed by atoms with Gasteiger partial charge in [-0.05, 0) is 71.5 Å². The highest BCUT2D eigenvalue weighted by atomic mass is 28.3. The van der Waals surface area contributed by atoms with E-state index in [4.69, 9.17) is 19.4 Å². The number of nitrogens with zero attached hydrogens (tertiary/aromatic N) is 4. The Morgan fingerprint density at radius 2 is 1.58 bits per heavy atom. The minimum Gasteiger partial charge on any atom is -0.496 e. The maximum absolute atomic E-state index is 14.0. The monoisotopic (exact) mass is 836 g/mol. The van der Waals surface area contributed by atoms with E-state index in [2.05, 4.69) is 64.0 Å². The van der Waals surface area contributed by atoms with E-state index in [0.717, 1.165) is 63.1 Å². The van der Waals surface area contributed by atoms with Crippen LogP contribution in [-0.2, 0) is 19.1 Å². The number of hydrogen-bond acceptors (Lipinski definition) is 9. The standard InChI is InChI=1S/C44H56N8O7Si/c1-24(2)37(48-36(54)21-53)42(55)51-17-9-10-33(51)41-46-31-16-13-28-18-26(11-14-29(28)39(31)49-41)27-12-15-30(35(19-27)58-5)32-20-45-40(47-32)34-22-60(7,8)23-52(34)43(56)38(25(3)4)50-44(57)59-6/h11-16,18-20,24-25,33-34,37-38,53H,9-10,17,21-23H2,1-8H3,(H,45,47)(H,46,49)(H,48,54)(H,50,57)/t33-,34-,37-,38-/m0/s1. The minimum atomic E-state index is -1.80. The van der Waals surface area contributed by atoms with Crippen molar-refractivity contribution in [2.45, 2.75) is 83.8 Å². The van der Waals surface area contributed by atoms with Gasteiger partial charge < -0.3 is 45.0 Å². The van der Waals surface area contributed by atoms with E-state index in [9.17, 15) is 24.3 Å². The van der Waals surface area contributed by atoms with E-state index in [1.54, 1.807) is 18.2 Å². The molecule has 2 fully saturated rings. The first kappa shape index (κ1) is 42.4. The number of amides is 4. The molecule has 3 aromatic carbocycles. The lowest BCUT2D eigenvalue weighted by molar-refractivity contribution is -0.139. The Morgan fingerprint density at radius 1 is 0.883 bits per heavy atom. The van der Waals surface area contributed by atoms with Crippen molar-refractivity contribution in [1.29, 1.82) is 0 Å². The van der Waals surface area contributed by atoms with Gasteiger partial charge in [-0.25, -0.2) is 14.8 Å². The lowest BCUT2D eigenvalue weighted by Crippen LogP contribution is -2.52. The molecule has 4 amide bonds. The lowest BCUT2D eigenvalue weighted by Gasteiger charge is -2.30. The number of carbonyl (C=O) groups is 4. The fraction of sp³-hybridized carbons (Fsp3) is 0.455. The van der Waals surface area contributed by atoms with Crippen molar-refractivity contribution in [3.8, 4) is 28.1 Å². The average Bonchev–Trinajstić information content (AvgIpc) is 4.06. The third-order valence-electron chi connectivity index (χ3n) is 11.9. The Kier molecular flexibility index (Phi) is 12.1. The maximum atomic E-state index is 14.0. The van der Waals surface area contributed by atoms with Crippen LogP contribution in [-0.4, -0.2) is 112 Å². The van der Waals surface area contributed by atoms with Crippen LogP contribution in [0.1, 0.15) is 64.3 Å². The Morgan fingerprint density at radius 3 is 2.28 bits per heavy atom. The van der Waals surface area contributed by atoms with Crippen molar-refractivity contribution in [3.05, 3.63) is 66.4 Å². The number of benzene rings is 3. The van der Waals surface area contributed by atoms with Crippen LogP contribution in [0.3, 0.4) is 0 Å². The number of rotatable bonds is 12. The third kappa shape index (κ3) is 8.35. The predicted octanol–water partition coefficient (Wildman–Crippen LogP) is 6.09. The zero-order valence-electron chi connectivity index (χ0n) is 35.6. The van der Waals surface area contributed by atoms with Gasteiger partial charge in [0.15, 0.2) is 0 Å². The van der Waals surface area contributed by atoms with E-state index in [0.29, 0.717) is 30.1 Å². The molecule has 0 bridgehead atoms. The molecule has 2 aliphatic heterocycles. The van der Waals surface area contributed by atoms with Crippen LogP contribution in [0.25, 0.3) is 44.2 Å². The van der Waals surface area contributed by atoms with Gasteiger partial charge in [-0.15, -0.1) is 0 Å². The molecule has 5 aromatic rings. The maximum Gasteiger partial charge on any atom is 0.407 e. The van der Waals surface area contributed by atoms with E-state index < -0.39 is 38.8 Å². The number of likely N-dealkylation sites (tertiary alicyclic amines) is 1. The second-order valence-electron chi connectivity index (χ2n) is 17.5. The molecule has 0 saturated carbocycles. The number of aromatic nitrogens is 4. The highest BCUT2D eigenvalue weighted by Gasteiger charge is 2.46. The second-order valence-corrected chi connectivity index (χ2v) is 22.5. The molecule has 318 valence electrons. The van der Waals surface area contributed by atoms with Gasteiger partial charge >= 0.3 is 6.09 Å². The summed E-state index contributed by atoms with van der Waals surface area (Å²) in [5.74, 6) is 0.892. The van der Waals surface area contributed by atoms with E-state index in [-0.39, 0.29) is 35.7 Å². The van der Waals surface area contributed by atoms with Crippen molar-refractivity contribution >= 4 is 53.7 Å². The summed E-state index contributed by atoms with van der Waals surface area (Å²) >= 11 is 0. The van der Waals surface area contributed by atoms with Gasteiger partial charge in [0.25, 0.3) is 0 Å². The SMILES string of the molecule is COC(=O)N[C@H](C(=O)N1C[Si](C)(C)C[C@H]1c1ncc(-c2ccc(-c3ccc4c(ccc5[nH]c([C@@H]6CCCN6C(=O)[C@@H](NC(=O)CO)C(C)C)nc54)c3)cc2OC)[nH]1)C(C)C. The summed E-state index contributed by atoms with van der Waals surface area (Å²) in [6, 6.07) is 15.3. The Hall–Kier alpha value is -5.74. The van der Waals surface area contributed by atoms with Crippen LogP contribution in [0, 0.1) is 11.8 Å². The molecule has 5 N–H and O–H groups in total. The lowest BCUT2D eigenvalue weighted by atomic mass is 9.98. The first-order chi connectivity index (χ1) is 28.6. The van der Waals surface area contributed by atoms with Crippen molar-refractivity contribution in [2.75, 3.05) is 33.5 Å². The number of H-pyrrole nitrogens is 2. The summed E-state index contributed by atoms with van der Waals surface area (Å²) in [5.41, 5.74) is 5.26. The zero-order chi connectivity index (χ0) is 43.0. The first-order valence-electron chi connectivity index (χ1n) is 20.6. The van der Waals surface area contributed by atoms with Gasteiger partial charge in [-0.2, -0.15) is 0 Å². The summed E-state index contributed by atoms with van der Waals surface area (Å²) in [7, 11) is 1.14. The smallest absolute Gasteiger partial charge is 0.407 e. The molecule has 15 nitrogen and oxygen atoms in total. The van der Waals surface area contributed by atoms with Crippen LogP contribution in [0.4, 0.5) is 4.79 Å². The van der Waals surface area contributed by atoms with Gasteiger partial charge in [0.1, 0.15) is 36.1 Å². The van der Waals surface area contributed by atoms with Crippen molar-refractivity contribution in [3.63, 3.8) is 0 Å². The number of hydrogen-bond donors (Lipinski definition) is 5. The van der Waals surface area contributed by atoms with E-state index in [1.165, 1.54) is 7.11 Å². The fourth-order valence-electron chi connectivity index (χ4n) is 8.74. The number of aliphatic hydroxyl groups excluding tert-OH is 1. The van der Waals surface area contributed by atoms with Crippen molar-refractivity contribution in [2.24, 2.45) is 11.8 Å². The van der Waals surface area contributed by atoms with Gasteiger partial charge in [0.2, 0.25) is 17.7 Å². The van der Waals surface area contributed by atoms with Crippen LogP contribution < -0.4 is 15.4 Å². The number of nitrogens with one attached hydrogen (secondary N) is 4. The van der Waals surface area contributed by atoms with Gasteiger partial charge in [-0.1, -0.05) is 65.1 Å². The summed E-state index contributed by atoms with van der Waals surface area (Å²) in [6.45, 7) is 12.0. The number of ether oxygens (including phenoxy) is 2. The molecule has 0 unspecified atom stereocenters. The third-order valence-corrected chi connectivity index (χ3v) is 14.6. The molecule has 2 aliphatic rings. The number of fused-ring (bicyclic) bond motifs is 3. The van der Waals surface area contributed by atoms with Crippen LogP contribution in [0.2, 0.25) is 19.1 Å².